The molecule has 0 unspecified atom stereocenters. The Bertz CT molecular complexity index is 955. The first-order valence-corrected chi connectivity index (χ1v) is 6.46. The summed E-state index contributed by atoms with van der Waals surface area (Å²) < 4.78 is 11.1. The summed E-state index contributed by atoms with van der Waals surface area (Å²) in [5.41, 5.74) is 16.6. The van der Waals surface area contributed by atoms with Gasteiger partial charge in [-0.3, -0.25) is 9.97 Å². The zero-order valence-electron chi connectivity index (χ0n) is 11.0. The first-order valence-electron chi connectivity index (χ1n) is 6.46. The highest BCUT2D eigenvalue weighted by Crippen LogP contribution is 2.28. The van der Waals surface area contributed by atoms with Crippen molar-refractivity contribution in [1.82, 2.24) is 9.97 Å². The molecule has 21 heavy (non-hydrogen) atoms. The summed E-state index contributed by atoms with van der Waals surface area (Å²) >= 11 is 0. The van der Waals surface area contributed by atoms with Crippen molar-refractivity contribution in [3.8, 4) is 0 Å². The average Bonchev–Trinajstić information content (AvgIpc) is 3.09. The molecule has 4 heterocycles. The molecule has 4 rings (SSSR count). The Morgan fingerprint density at radius 1 is 1.05 bits per heavy atom. The van der Waals surface area contributed by atoms with Gasteiger partial charge in [-0.05, 0) is 6.07 Å². The smallest absolute Gasteiger partial charge is 0.175 e. The number of anilines is 2. The van der Waals surface area contributed by atoms with Crippen molar-refractivity contribution in [3.63, 3.8) is 0 Å². The van der Waals surface area contributed by atoms with Crippen LogP contribution < -0.4 is 11.5 Å². The lowest BCUT2D eigenvalue weighted by molar-refractivity contribution is 0.563. The van der Waals surface area contributed by atoms with E-state index in [1.807, 2.05) is 6.07 Å². The van der Waals surface area contributed by atoms with Gasteiger partial charge in [0, 0.05) is 36.5 Å². The number of aromatic nitrogens is 2. The second kappa shape index (κ2) is 4.24. The predicted molar refractivity (Wildman–Crippen MR) is 79.6 cm³/mol. The van der Waals surface area contributed by atoms with E-state index in [9.17, 15) is 0 Å². The van der Waals surface area contributed by atoms with Crippen LogP contribution in [-0.4, -0.2) is 9.97 Å². The van der Waals surface area contributed by atoms with Crippen LogP contribution >= 0.6 is 0 Å². The van der Waals surface area contributed by atoms with Crippen LogP contribution in [0.1, 0.15) is 11.3 Å². The highest BCUT2D eigenvalue weighted by Gasteiger charge is 2.13. The minimum Gasteiger partial charge on any atom is -0.460 e. The van der Waals surface area contributed by atoms with Crippen LogP contribution in [0.5, 0.6) is 0 Å². The first kappa shape index (κ1) is 11.8. The molecule has 0 radical (unpaired) electrons. The molecule has 6 heteroatoms. The third-order valence-corrected chi connectivity index (χ3v) is 3.45. The van der Waals surface area contributed by atoms with E-state index in [4.69, 9.17) is 20.3 Å². The van der Waals surface area contributed by atoms with Gasteiger partial charge in [-0.25, -0.2) is 0 Å². The van der Waals surface area contributed by atoms with Crippen molar-refractivity contribution in [2.75, 3.05) is 11.5 Å². The van der Waals surface area contributed by atoms with Gasteiger partial charge in [0.15, 0.2) is 11.2 Å². The fraction of sp³-hybridized carbons (Fsp3) is 0.0667. The molecule has 104 valence electrons. The number of furan rings is 2. The van der Waals surface area contributed by atoms with Gasteiger partial charge in [0.25, 0.3) is 0 Å². The van der Waals surface area contributed by atoms with Crippen molar-refractivity contribution >= 4 is 33.6 Å². The zero-order chi connectivity index (χ0) is 14.4. The van der Waals surface area contributed by atoms with Gasteiger partial charge in [0.2, 0.25) is 0 Å². The molecule has 0 spiro atoms. The molecule has 4 N–H and O–H groups in total. The maximum absolute atomic E-state index is 6.12. The second-order valence-electron chi connectivity index (χ2n) is 4.84. The number of hydrogen-bond donors (Lipinski definition) is 2. The van der Waals surface area contributed by atoms with Crippen LogP contribution in [0, 0.1) is 0 Å². The third-order valence-electron chi connectivity index (χ3n) is 3.45. The van der Waals surface area contributed by atoms with Gasteiger partial charge in [-0.2, -0.15) is 0 Å². The number of nitrogens with zero attached hydrogens (tertiary/aromatic N) is 2. The van der Waals surface area contributed by atoms with Crippen LogP contribution in [0.25, 0.3) is 22.2 Å². The molecular formula is C15H12N4O2. The highest BCUT2D eigenvalue weighted by molar-refractivity contribution is 5.87. The summed E-state index contributed by atoms with van der Waals surface area (Å²) in [5.74, 6) is 0.731. The highest BCUT2D eigenvalue weighted by atomic mass is 16.3. The molecule has 4 aromatic rings. The number of rotatable bonds is 2. The summed E-state index contributed by atoms with van der Waals surface area (Å²) in [6.45, 7) is 0. The summed E-state index contributed by atoms with van der Waals surface area (Å²) in [7, 11) is 0. The van der Waals surface area contributed by atoms with E-state index < -0.39 is 0 Å². The number of pyridine rings is 2. The van der Waals surface area contributed by atoms with Crippen molar-refractivity contribution < 1.29 is 8.83 Å². The fourth-order valence-corrected chi connectivity index (χ4v) is 2.39. The Morgan fingerprint density at radius 3 is 2.81 bits per heavy atom. The molecule has 0 aliphatic heterocycles. The topological polar surface area (TPSA) is 104 Å². The Hall–Kier alpha value is -3.02. The van der Waals surface area contributed by atoms with Crippen molar-refractivity contribution in [2.45, 2.75) is 6.42 Å². The molecule has 0 atom stereocenters. The van der Waals surface area contributed by atoms with Crippen LogP contribution in [0.3, 0.4) is 0 Å². The molecular weight excluding hydrogens is 268 g/mol. The van der Waals surface area contributed by atoms with Crippen LogP contribution in [-0.2, 0) is 6.42 Å². The Labute approximate surface area is 119 Å². The SMILES string of the molecule is Nc1ccnc2cc(Cc3cnc4ccoc4c3N)oc12. The molecule has 6 nitrogen and oxygen atoms in total. The predicted octanol–water partition coefficient (Wildman–Crippen LogP) is 2.72. The molecule has 0 aliphatic rings. The van der Waals surface area contributed by atoms with E-state index >= 15 is 0 Å². The minimum atomic E-state index is 0.505. The average molecular weight is 280 g/mol. The first-order chi connectivity index (χ1) is 10.2. The number of nitrogens with two attached hydrogens (primary N) is 2. The summed E-state index contributed by atoms with van der Waals surface area (Å²) in [4.78, 5) is 8.54. The van der Waals surface area contributed by atoms with Gasteiger partial charge in [-0.15, -0.1) is 0 Å². The normalized spacial score (nSPS) is 11.4. The van der Waals surface area contributed by atoms with Crippen LogP contribution in [0.15, 0.2) is 45.7 Å². The Kier molecular flexibility index (Phi) is 2.38. The van der Waals surface area contributed by atoms with Crippen LogP contribution in [0.2, 0.25) is 0 Å². The molecule has 4 aromatic heterocycles. The standard InChI is InChI=1S/C15H12N4O2/c16-10-1-3-18-12-6-9(21-14(10)12)5-8-7-19-11-2-4-20-15(11)13(8)17/h1-4,6-7H,5H2,(H2,16,18)(H2,17,19). The lowest BCUT2D eigenvalue weighted by Gasteiger charge is -2.03. The second-order valence-corrected chi connectivity index (χ2v) is 4.84. The molecule has 0 saturated carbocycles. The minimum absolute atomic E-state index is 0.505. The van der Waals surface area contributed by atoms with E-state index in [0.29, 0.717) is 29.0 Å². The van der Waals surface area contributed by atoms with Gasteiger partial charge >= 0.3 is 0 Å². The van der Waals surface area contributed by atoms with E-state index in [1.165, 1.54) is 0 Å². The Morgan fingerprint density at radius 2 is 1.95 bits per heavy atom. The van der Waals surface area contributed by atoms with Crippen molar-refractivity contribution in [1.29, 1.82) is 0 Å². The Balaban J connectivity index is 1.79. The molecule has 0 fully saturated rings. The van der Waals surface area contributed by atoms with E-state index in [2.05, 4.69) is 9.97 Å². The van der Waals surface area contributed by atoms with Gasteiger partial charge < -0.3 is 20.3 Å². The number of nitrogen functional groups attached to an aromatic ring is 2. The van der Waals surface area contributed by atoms with Crippen molar-refractivity contribution in [3.05, 3.63) is 48.2 Å². The summed E-state index contributed by atoms with van der Waals surface area (Å²) in [6.07, 6.45) is 5.47. The summed E-state index contributed by atoms with van der Waals surface area (Å²) in [5, 5.41) is 0. The van der Waals surface area contributed by atoms with E-state index in [1.54, 1.807) is 30.8 Å². The zero-order valence-corrected chi connectivity index (χ0v) is 11.0. The van der Waals surface area contributed by atoms with Crippen molar-refractivity contribution in [2.24, 2.45) is 0 Å². The van der Waals surface area contributed by atoms with Gasteiger partial charge in [0.05, 0.1) is 17.6 Å². The lowest BCUT2D eigenvalue weighted by atomic mass is 10.1. The molecule has 0 aliphatic carbocycles. The molecule has 0 saturated heterocycles. The lowest BCUT2D eigenvalue weighted by Crippen LogP contribution is -1.96. The maximum Gasteiger partial charge on any atom is 0.175 e. The fourth-order valence-electron chi connectivity index (χ4n) is 2.39. The monoisotopic (exact) mass is 280 g/mol. The third kappa shape index (κ3) is 1.80. The molecule has 0 aromatic carbocycles. The quantitative estimate of drug-likeness (QED) is 0.585. The largest absolute Gasteiger partial charge is 0.460 e. The van der Waals surface area contributed by atoms with E-state index in [-0.39, 0.29) is 0 Å². The maximum atomic E-state index is 6.12. The van der Waals surface area contributed by atoms with Gasteiger partial charge in [0.1, 0.15) is 16.8 Å². The van der Waals surface area contributed by atoms with E-state index in [0.717, 1.165) is 22.4 Å². The number of hydrogen-bond acceptors (Lipinski definition) is 6. The molecule has 0 amide bonds. The van der Waals surface area contributed by atoms with Gasteiger partial charge in [-0.1, -0.05) is 0 Å². The van der Waals surface area contributed by atoms with Crippen LogP contribution in [0.4, 0.5) is 11.4 Å². The summed E-state index contributed by atoms with van der Waals surface area (Å²) in [6, 6.07) is 5.35. The molecule has 0 bridgehead atoms. The number of fused-ring (bicyclic) bond motifs is 2.